The zero-order valence-corrected chi connectivity index (χ0v) is 23.8. The van der Waals surface area contributed by atoms with E-state index >= 15 is 0 Å². The van der Waals surface area contributed by atoms with Crippen LogP contribution in [-0.2, 0) is 47.5 Å². The van der Waals surface area contributed by atoms with Gasteiger partial charge < -0.3 is 37.9 Å². The van der Waals surface area contributed by atoms with Gasteiger partial charge in [0.15, 0.2) is 0 Å². The number of carbonyl (C=O) groups is 3. The summed E-state index contributed by atoms with van der Waals surface area (Å²) in [7, 11) is 0. The number of amides is 2. The van der Waals surface area contributed by atoms with Crippen molar-refractivity contribution in [2.75, 3.05) is 99.0 Å². The SMILES string of the molecule is O=C(CCOCCOCCOCCOCCOCCOCCOCCN1C(=O)C=CC1=O)Oc1c(F)c(F)c(F)c(F)c1F. The van der Waals surface area contributed by atoms with Crippen molar-refractivity contribution in [2.24, 2.45) is 0 Å². The Morgan fingerprint density at radius 2 is 0.818 bits per heavy atom. The second kappa shape index (κ2) is 21.6. The van der Waals surface area contributed by atoms with Crippen LogP contribution in [0.5, 0.6) is 5.75 Å². The average Bonchev–Trinajstić information content (AvgIpc) is 3.33. The molecule has 0 spiro atoms. The molecule has 0 aliphatic carbocycles. The van der Waals surface area contributed by atoms with Crippen LogP contribution in [0.15, 0.2) is 12.2 Å². The number of nitrogens with zero attached hydrogens (tertiary/aromatic N) is 1. The molecule has 2 rings (SSSR count). The minimum absolute atomic E-state index is 0.0705. The van der Waals surface area contributed by atoms with Crippen molar-refractivity contribution in [3.8, 4) is 5.75 Å². The van der Waals surface area contributed by atoms with Crippen molar-refractivity contribution in [1.82, 2.24) is 4.90 Å². The minimum atomic E-state index is -2.35. The lowest BCUT2D eigenvalue weighted by Crippen LogP contribution is -2.33. The Bertz CT molecular complexity index is 1050. The van der Waals surface area contributed by atoms with Gasteiger partial charge in [-0.15, -0.1) is 0 Å². The van der Waals surface area contributed by atoms with Gasteiger partial charge in [0, 0.05) is 12.2 Å². The van der Waals surface area contributed by atoms with Crippen molar-refractivity contribution in [2.45, 2.75) is 6.42 Å². The minimum Gasteiger partial charge on any atom is -0.420 e. The largest absolute Gasteiger partial charge is 0.420 e. The molecule has 0 saturated heterocycles. The van der Waals surface area contributed by atoms with Crippen LogP contribution in [0.2, 0.25) is 0 Å². The molecule has 1 aliphatic rings. The van der Waals surface area contributed by atoms with Gasteiger partial charge in [-0.25, -0.2) is 13.2 Å². The van der Waals surface area contributed by atoms with Crippen LogP contribution in [0.3, 0.4) is 0 Å². The van der Waals surface area contributed by atoms with Crippen molar-refractivity contribution in [3.05, 3.63) is 41.2 Å². The van der Waals surface area contributed by atoms with Crippen LogP contribution >= 0.6 is 0 Å². The molecule has 1 heterocycles. The van der Waals surface area contributed by atoms with E-state index in [1.165, 1.54) is 12.2 Å². The van der Waals surface area contributed by atoms with Crippen LogP contribution in [0.4, 0.5) is 22.0 Å². The highest BCUT2D eigenvalue weighted by Crippen LogP contribution is 2.29. The summed E-state index contributed by atoms with van der Waals surface area (Å²) < 4.78 is 108. The lowest BCUT2D eigenvalue weighted by atomic mass is 10.2. The van der Waals surface area contributed by atoms with Gasteiger partial charge in [-0.1, -0.05) is 0 Å². The maximum Gasteiger partial charge on any atom is 0.313 e. The van der Waals surface area contributed by atoms with Crippen LogP contribution < -0.4 is 4.74 Å². The Kier molecular flexibility index (Phi) is 18.2. The van der Waals surface area contributed by atoms with Crippen molar-refractivity contribution >= 4 is 17.8 Å². The molecule has 248 valence electrons. The first-order chi connectivity index (χ1) is 21.2. The molecule has 0 aromatic heterocycles. The van der Waals surface area contributed by atoms with Gasteiger partial charge in [-0.2, -0.15) is 8.78 Å². The second-order valence-electron chi connectivity index (χ2n) is 8.57. The van der Waals surface area contributed by atoms with Gasteiger partial charge in [-0.3, -0.25) is 19.3 Å². The normalized spacial score (nSPS) is 13.0. The molecular weight excluding hydrogens is 609 g/mol. The molecule has 0 fully saturated rings. The first kappa shape index (κ1) is 37.1. The number of rotatable bonds is 25. The molecule has 0 saturated carbocycles. The van der Waals surface area contributed by atoms with Gasteiger partial charge in [0.25, 0.3) is 11.8 Å². The number of halogens is 5. The highest BCUT2D eigenvalue weighted by molar-refractivity contribution is 6.12. The van der Waals surface area contributed by atoms with E-state index in [0.717, 1.165) is 4.90 Å². The third-order valence-electron chi connectivity index (χ3n) is 5.43. The van der Waals surface area contributed by atoms with E-state index in [0.29, 0.717) is 59.5 Å². The van der Waals surface area contributed by atoms with Gasteiger partial charge in [0.2, 0.25) is 34.8 Å². The Morgan fingerprint density at radius 3 is 1.20 bits per heavy atom. The Morgan fingerprint density at radius 1 is 0.500 bits per heavy atom. The molecule has 44 heavy (non-hydrogen) atoms. The zero-order chi connectivity index (χ0) is 32.2. The summed E-state index contributed by atoms with van der Waals surface area (Å²) in [6, 6.07) is 0. The maximum absolute atomic E-state index is 13.5. The number of carbonyl (C=O) groups excluding carboxylic acids is 3. The third kappa shape index (κ3) is 13.7. The number of hydrogen-bond acceptors (Lipinski definition) is 11. The van der Waals surface area contributed by atoms with Gasteiger partial charge >= 0.3 is 5.97 Å². The lowest BCUT2D eigenvalue weighted by Gasteiger charge is -2.13. The van der Waals surface area contributed by atoms with E-state index in [4.69, 9.17) is 33.2 Å². The van der Waals surface area contributed by atoms with Crippen LogP contribution in [-0.4, -0.2) is 122 Å². The summed E-state index contributed by atoms with van der Waals surface area (Å²) in [6.45, 7) is 3.86. The summed E-state index contributed by atoms with van der Waals surface area (Å²) in [5, 5.41) is 0. The highest BCUT2D eigenvalue weighted by Gasteiger charge is 2.28. The third-order valence-corrected chi connectivity index (χ3v) is 5.43. The Balaban J connectivity index is 1.28. The number of imide groups is 1. The molecule has 1 aliphatic heterocycles. The first-order valence-electron chi connectivity index (χ1n) is 13.5. The number of hydrogen-bond donors (Lipinski definition) is 0. The van der Waals surface area contributed by atoms with Crippen molar-refractivity contribution < 1.29 is 74.2 Å². The van der Waals surface area contributed by atoms with E-state index in [1.54, 1.807) is 0 Å². The summed E-state index contributed by atoms with van der Waals surface area (Å²) in [5.74, 6) is -14.9. The standard InChI is InChI=1S/C27H34F5NO11/c28-22-23(29)25(31)27(26(32)24(22)30)44-21(36)3-5-37-7-9-39-11-13-41-15-17-43-18-16-42-14-12-40-10-8-38-6-4-33-19(34)1-2-20(33)35/h1-2H,3-18H2. The van der Waals surface area contributed by atoms with Gasteiger partial charge in [-0.05, 0) is 0 Å². The van der Waals surface area contributed by atoms with Crippen LogP contribution in [0.1, 0.15) is 6.42 Å². The summed E-state index contributed by atoms with van der Waals surface area (Å²) in [6.07, 6.45) is 1.95. The molecule has 1 aromatic carbocycles. The second-order valence-corrected chi connectivity index (χ2v) is 8.57. The monoisotopic (exact) mass is 643 g/mol. The Labute approximate surface area is 249 Å². The maximum atomic E-state index is 13.5. The number of esters is 1. The fraction of sp³-hybridized carbons (Fsp3) is 0.593. The molecule has 12 nitrogen and oxygen atoms in total. The van der Waals surface area contributed by atoms with Crippen LogP contribution in [0.25, 0.3) is 0 Å². The van der Waals surface area contributed by atoms with E-state index in [2.05, 4.69) is 4.74 Å². The van der Waals surface area contributed by atoms with Gasteiger partial charge in [0.05, 0.1) is 105 Å². The fourth-order valence-corrected chi connectivity index (χ4v) is 3.22. The molecular formula is C27H34F5NO11. The first-order valence-corrected chi connectivity index (χ1v) is 13.5. The van der Waals surface area contributed by atoms with E-state index in [-0.39, 0.29) is 51.4 Å². The summed E-state index contributed by atoms with van der Waals surface area (Å²) in [4.78, 5) is 35.5. The van der Waals surface area contributed by atoms with E-state index in [9.17, 15) is 36.3 Å². The predicted molar refractivity (Wildman–Crippen MR) is 138 cm³/mol. The van der Waals surface area contributed by atoms with Crippen molar-refractivity contribution in [3.63, 3.8) is 0 Å². The summed E-state index contributed by atoms with van der Waals surface area (Å²) >= 11 is 0. The molecule has 0 bridgehead atoms. The smallest absolute Gasteiger partial charge is 0.313 e. The summed E-state index contributed by atoms with van der Waals surface area (Å²) in [5.41, 5.74) is 0. The molecule has 0 atom stereocenters. The van der Waals surface area contributed by atoms with Gasteiger partial charge in [0.1, 0.15) is 0 Å². The van der Waals surface area contributed by atoms with Crippen LogP contribution in [0, 0.1) is 29.1 Å². The molecule has 1 aromatic rings. The Hall–Kier alpha value is -3.06. The topological polar surface area (TPSA) is 128 Å². The number of benzene rings is 1. The average molecular weight is 644 g/mol. The highest BCUT2D eigenvalue weighted by atomic mass is 19.2. The molecule has 2 amide bonds. The molecule has 0 N–H and O–H groups in total. The number of ether oxygens (including phenoxy) is 8. The quantitative estimate of drug-likeness (QED) is 0.0294. The molecule has 17 heteroatoms. The van der Waals surface area contributed by atoms with Crippen molar-refractivity contribution in [1.29, 1.82) is 0 Å². The van der Waals surface area contributed by atoms with E-state index in [1.807, 2.05) is 0 Å². The lowest BCUT2D eigenvalue weighted by molar-refractivity contribution is -0.138. The fourth-order valence-electron chi connectivity index (χ4n) is 3.22. The predicted octanol–water partition coefficient (Wildman–Crippen LogP) is 1.72. The molecule has 0 radical (unpaired) electrons. The van der Waals surface area contributed by atoms with E-state index < -0.39 is 47.2 Å². The zero-order valence-electron chi connectivity index (χ0n) is 23.8. The molecule has 0 unspecified atom stereocenters.